The summed E-state index contributed by atoms with van der Waals surface area (Å²) in [6, 6.07) is 20.3. The van der Waals surface area contributed by atoms with E-state index in [9.17, 15) is 23.2 Å². The molecule has 1 aliphatic rings. The van der Waals surface area contributed by atoms with Crippen molar-refractivity contribution in [3.8, 4) is 0 Å². The van der Waals surface area contributed by atoms with Crippen LogP contribution in [0, 0.1) is 11.6 Å². The molecule has 0 bridgehead atoms. The molecule has 4 aromatic rings. The molecule has 3 N–H and O–H groups in total. The zero-order valence-corrected chi connectivity index (χ0v) is 20.4. The van der Waals surface area contributed by atoms with Crippen LogP contribution >= 0.6 is 0 Å². The fraction of sp³-hybridized carbons (Fsp3) is 0.100. The van der Waals surface area contributed by atoms with Crippen LogP contribution in [0.4, 0.5) is 25.8 Å². The summed E-state index contributed by atoms with van der Waals surface area (Å²) in [6.45, 7) is 0. The van der Waals surface area contributed by atoms with E-state index in [1.807, 2.05) is 0 Å². The van der Waals surface area contributed by atoms with Crippen LogP contribution in [-0.2, 0) is 12.8 Å². The molecule has 4 aromatic carbocycles. The monoisotopic (exact) mass is 511 g/mol. The second-order valence-electron chi connectivity index (χ2n) is 8.91. The lowest BCUT2D eigenvalue weighted by Crippen LogP contribution is -2.18. The van der Waals surface area contributed by atoms with E-state index in [-0.39, 0.29) is 23.1 Å². The van der Waals surface area contributed by atoms with E-state index in [2.05, 4.69) is 16.0 Å². The van der Waals surface area contributed by atoms with Crippen LogP contribution in [-0.4, -0.2) is 24.6 Å². The normalized spacial score (nSPS) is 12.1. The summed E-state index contributed by atoms with van der Waals surface area (Å²) in [5.74, 6) is -2.72. The quantitative estimate of drug-likeness (QED) is 0.323. The third-order valence-electron chi connectivity index (χ3n) is 6.48. The number of nitrogens with one attached hydrogen (secondary N) is 3. The number of rotatable bonds is 5. The summed E-state index contributed by atoms with van der Waals surface area (Å²) < 4.78 is 29.1. The van der Waals surface area contributed by atoms with Crippen LogP contribution in [0.5, 0.6) is 0 Å². The molecule has 38 heavy (non-hydrogen) atoms. The van der Waals surface area contributed by atoms with Crippen LogP contribution in [0.2, 0.25) is 0 Å². The van der Waals surface area contributed by atoms with E-state index >= 15 is 0 Å². The van der Waals surface area contributed by atoms with Crippen molar-refractivity contribution in [2.24, 2.45) is 0 Å². The summed E-state index contributed by atoms with van der Waals surface area (Å²) in [6.07, 6.45) is 1.15. The summed E-state index contributed by atoms with van der Waals surface area (Å²) in [7, 11) is 1.53. The van der Waals surface area contributed by atoms with Crippen molar-refractivity contribution in [1.29, 1.82) is 0 Å². The lowest BCUT2D eigenvalue weighted by Gasteiger charge is -2.14. The number of carbonyl (C=O) groups excluding carboxylic acids is 3. The number of carbonyl (C=O) groups is 3. The molecule has 0 radical (unpaired) electrons. The van der Waals surface area contributed by atoms with Gasteiger partial charge in [0.25, 0.3) is 11.8 Å². The smallest absolute Gasteiger partial charge is 0.255 e. The summed E-state index contributed by atoms with van der Waals surface area (Å²) in [4.78, 5) is 37.8. The van der Waals surface area contributed by atoms with Crippen LogP contribution in [0.25, 0.3) is 0 Å². The Balaban J connectivity index is 1.41. The first-order valence-electron chi connectivity index (χ1n) is 12.0. The maximum Gasteiger partial charge on any atom is 0.255 e. The summed E-state index contributed by atoms with van der Waals surface area (Å²) in [5.41, 5.74) is 3.62. The van der Waals surface area contributed by atoms with Gasteiger partial charge in [0.05, 0.1) is 11.4 Å². The lowest BCUT2D eigenvalue weighted by atomic mass is 9.96. The van der Waals surface area contributed by atoms with Gasteiger partial charge in [0.2, 0.25) is 0 Å². The Morgan fingerprint density at radius 3 is 2.21 bits per heavy atom. The zero-order valence-electron chi connectivity index (χ0n) is 20.4. The molecule has 0 saturated carbocycles. The minimum Gasteiger partial charge on any atom is -0.355 e. The van der Waals surface area contributed by atoms with E-state index in [1.54, 1.807) is 66.7 Å². The molecular weight excluding hydrogens is 488 g/mol. The second-order valence-corrected chi connectivity index (χ2v) is 8.91. The minimum absolute atomic E-state index is 0.0341. The summed E-state index contributed by atoms with van der Waals surface area (Å²) >= 11 is 0. The Morgan fingerprint density at radius 1 is 0.711 bits per heavy atom. The molecule has 0 unspecified atom stereocenters. The molecule has 8 heteroatoms. The molecule has 0 aromatic heterocycles. The maximum atomic E-state index is 14.7. The molecule has 1 aliphatic carbocycles. The number of benzene rings is 4. The molecule has 0 aliphatic heterocycles. The number of fused-ring (bicyclic) bond motifs is 2. The molecule has 190 valence electrons. The van der Waals surface area contributed by atoms with Gasteiger partial charge in [-0.05, 0) is 72.5 Å². The zero-order chi connectivity index (χ0) is 26.8. The van der Waals surface area contributed by atoms with Gasteiger partial charge in [-0.25, -0.2) is 8.78 Å². The van der Waals surface area contributed by atoms with E-state index in [4.69, 9.17) is 0 Å². The van der Waals surface area contributed by atoms with Crippen molar-refractivity contribution in [2.45, 2.75) is 12.8 Å². The van der Waals surface area contributed by atoms with Gasteiger partial charge in [-0.1, -0.05) is 24.3 Å². The Kier molecular flexibility index (Phi) is 6.70. The van der Waals surface area contributed by atoms with Gasteiger partial charge in [-0.15, -0.1) is 0 Å². The third kappa shape index (κ3) is 4.88. The average molecular weight is 512 g/mol. The first kappa shape index (κ1) is 24.8. The number of amides is 2. The highest BCUT2D eigenvalue weighted by Crippen LogP contribution is 2.31. The predicted octanol–water partition coefficient (Wildman–Crippen LogP) is 5.65. The largest absolute Gasteiger partial charge is 0.355 e. The molecule has 5 rings (SSSR count). The SMILES string of the molecule is CNC(=O)c1ccc2c(c1)C(=O)c1ccc(Nc3cc(NC(=O)c4ccccc4)c(F)cc3F)cc1CC2. The van der Waals surface area contributed by atoms with Gasteiger partial charge in [0.1, 0.15) is 11.6 Å². The minimum atomic E-state index is -0.904. The van der Waals surface area contributed by atoms with Crippen molar-refractivity contribution >= 4 is 34.7 Å². The number of aryl methyl sites for hydroxylation is 2. The molecule has 0 spiro atoms. The molecule has 2 amide bonds. The Labute approximate surface area is 217 Å². The van der Waals surface area contributed by atoms with Crippen LogP contribution in [0.3, 0.4) is 0 Å². The maximum absolute atomic E-state index is 14.7. The fourth-order valence-electron chi connectivity index (χ4n) is 4.49. The van der Waals surface area contributed by atoms with E-state index < -0.39 is 17.5 Å². The molecular formula is C30H23F2N3O3. The van der Waals surface area contributed by atoms with Crippen LogP contribution in [0.15, 0.2) is 78.9 Å². The van der Waals surface area contributed by atoms with Crippen molar-refractivity contribution in [3.63, 3.8) is 0 Å². The fourth-order valence-corrected chi connectivity index (χ4v) is 4.49. The highest BCUT2D eigenvalue weighted by Gasteiger charge is 2.23. The Bertz CT molecular complexity index is 1590. The van der Waals surface area contributed by atoms with Gasteiger partial charge in [0, 0.05) is 41.1 Å². The van der Waals surface area contributed by atoms with Crippen molar-refractivity contribution in [1.82, 2.24) is 5.32 Å². The molecule has 0 fully saturated rings. The van der Waals surface area contributed by atoms with Crippen LogP contribution < -0.4 is 16.0 Å². The van der Waals surface area contributed by atoms with Gasteiger partial charge >= 0.3 is 0 Å². The molecule has 0 heterocycles. The highest BCUT2D eigenvalue weighted by atomic mass is 19.1. The number of anilines is 3. The Hall–Kier alpha value is -4.85. The molecule has 0 atom stereocenters. The number of ketones is 1. The number of halogens is 2. The van der Waals surface area contributed by atoms with E-state index in [0.717, 1.165) is 11.1 Å². The second kappa shape index (κ2) is 10.3. The first-order chi connectivity index (χ1) is 18.3. The van der Waals surface area contributed by atoms with Crippen molar-refractivity contribution in [3.05, 3.63) is 124 Å². The third-order valence-corrected chi connectivity index (χ3v) is 6.48. The van der Waals surface area contributed by atoms with Gasteiger partial charge in [0.15, 0.2) is 5.78 Å². The number of hydrogen-bond donors (Lipinski definition) is 3. The average Bonchev–Trinajstić information content (AvgIpc) is 3.07. The summed E-state index contributed by atoms with van der Waals surface area (Å²) in [5, 5.41) is 7.97. The predicted molar refractivity (Wildman–Crippen MR) is 141 cm³/mol. The van der Waals surface area contributed by atoms with E-state index in [1.165, 1.54) is 13.1 Å². The standard InChI is InChI=1S/C30H23F2N3O3/c1-33-29(37)20-10-8-17-7-9-19-13-21(11-12-22(19)28(36)23(17)14-20)34-26-16-27(25(32)15-24(26)31)35-30(38)18-5-3-2-4-6-18/h2-6,8,10-16,34H,7,9H2,1H3,(H,33,37)(H,35,38). The molecule has 0 saturated heterocycles. The Morgan fingerprint density at radius 2 is 1.45 bits per heavy atom. The first-order valence-corrected chi connectivity index (χ1v) is 12.0. The number of hydrogen-bond acceptors (Lipinski definition) is 4. The topological polar surface area (TPSA) is 87.3 Å². The lowest BCUT2D eigenvalue weighted by molar-refractivity contribution is 0.0962. The van der Waals surface area contributed by atoms with Crippen molar-refractivity contribution in [2.75, 3.05) is 17.7 Å². The van der Waals surface area contributed by atoms with Crippen molar-refractivity contribution < 1.29 is 23.2 Å². The van der Waals surface area contributed by atoms with Gasteiger partial charge < -0.3 is 16.0 Å². The van der Waals surface area contributed by atoms with Gasteiger partial charge in [-0.2, -0.15) is 0 Å². The highest BCUT2D eigenvalue weighted by molar-refractivity contribution is 6.12. The van der Waals surface area contributed by atoms with Crippen LogP contribution in [0.1, 0.15) is 47.8 Å². The molecule has 6 nitrogen and oxygen atoms in total. The van der Waals surface area contributed by atoms with Gasteiger partial charge in [-0.3, -0.25) is 14.4 Å². The van der Waals surface area contributed by atoms with E-state index in [0.29, 0.717) is 46.8 Å².